The third-order valence-electron chi connectivity index (χ3n) is 3.61. The van der Waals surface area contributed by atoms with Gasteiger partial charge in [-0.25, -0.2) is 0 Å². The van der Waals surface area contributed by atoms with Crippen LogP contribution in [-0.2, 0) is 6.54 Å². The van der Waals surface area contributed by atoms with E-state index in [0.29, 0.717) is 11.5 Å². The molecule has 1 saturated heterocycles. The molecule has 1 aromatic carbocycles. The highest BCUT2D eigenvalue weighted by molar-refractivity contribution is 5.92. The molecule has 0 saturated carbocycles. The van der Waals surface area contributed by atoms with Crippen molar-refractivity contribution < 1.29 is 9.90 Å². The number of nitrogens with two attached hydrogens (primary N) is 1. The Morgan fingerprint density at radius 2 is 2.39 bits per heavy atom. The van der Waals surface area contributed by atoms with Gasteiger partial charge in [-0.15, -0.1) is 0 Å². The Labute approximate surface area is 107 Å². The summed E-state index contributed by atoms with van der Waals surface area (Å²) in [7, 11) is 0. The molecule has 1 heterocycles. The van der Waals surface area contributed by atoms with Gasteiger partial charge in [0.25, 0.3) is 0 Å². The van der Waals surface area contributed by atoms with Crippen molar-refractivity contribution in [3.63, 3.8) is 0 Å². The van der Waals surface area contributed by atoms with Crippen LogP contribution in [0.2, 0.25) is 0 Å². The van der Waals surface area contributed by atoms with Gasteiger partial charge in [-0.05, 0) is 43.5 Å². The number of likely N-dealkylation sites (tertiary alicyclic amines) is 1. The third kappa shape index (κ3) is 3.09. The zero-order chi connectivity index (χ0) is 13.1. The van der Waals surface area contributed by atoms with Gasteiger partial charge in [-0.1, -0.05) is 12.1 Å². The number of carbonyl (C=O) groups is 1. The molecular formula is C14H20N2O2. The molecule has 0 aromatic heterocycles. The lowest BCUT2D eigenvalue weighted by molar-refractivity contribution is 0.1000. The number of carbonyl (C=O) groups excluding carboxylic acids is 1. The van der Waals surface area contributed by atoms with Crippen molar-refractivity contribution in [3.8, 4) is 0 Å². The van der Waals surface area contributed by atoms with Crippen molar-refractivity contribution in [2.24, 2.45) is 11.7 Å². The fraction of sp³-hybridized carbons (Fsp3) is 0.500. The first-order valence-electron chi connectivity index (χ1n) is 6.35. The highest BCUT2D eigenvalue weighted by Crippen LogP contribution is 2.21. The van der Waals surface area contributed by atoms with E-state index in [0.717, 1.165) is 31.6 Å². The number of primary amides is 1. The van der Waals surface area contributed by atoms with Crippen LogP contribution in [0.1, 0.15) is 29.3 Å². The third-order valence-corrected chi connectivity index (χ3v) is 3.61. The minimum atomic E-state index is -0.389. The summed E-state index contributed by atoms with van der Waals surface area (Å²) in [4.78, 5) is 13.4. The van der Waals surface area contributed by atoms with Crippen LogP contribution in [0.5, 0.6) is 0 Å². The molecule has 1 aromatic rings. The Hall–Kier alpha value is -1.39. The number of aliphatic hydroxyl groups is 1. The predicted molar refractivity (Wildman–Crippen MR) is 70.0 cm³/mol. The van der Waals surface area contributed by atoms with Crippen molar-refractivity contribution in [1.82, 2.24) is 4.90 Å². The maximum absolute atomic E-state index is 11.1. The van der Waals surface area contributed by atoms with Crippen LogP contribution in [0, 0.1) is 5.92 Å². The van der Waals surface area contributed by atoms with Gasteiger partial charge in [0.15, 0.2) is 0 Å². The smallest absolute Gasteiger partial charge is 0.248 e. The average Bonchev–Trinajstić information content (AvgIpc) is 2.78. The molecule has 1 amide bonds. The zero-order valence-electron chi connectivity index (χ0n) is 10.7. The fourth-order valence-electron chi connectivity index (χ4n) is 2.48. The average molecular weight is 248 g/mol. The first kappa shape index (κ1) is 13.1. The van der Waals surface area contributed by atoms with Gasteiger partial charge in [0.1, 0.15) is 0 Å². The van der Waals surface area contributed by atoms with E-state index >= 15 is 0 Å². The van der Waals surface area contributed by atoms with Crippen molar-refractivity contribution in [2.45, 2.75) is 26.0 Å². The number of benzene rings is 1. The van der Waals surface area contributed by atoms with E-state index in [4.69, 9.17) is 5.73 Å². The molecule has 0 spiro atoms. The van der Waals surface area contributed by atoms with E-state index in [-0.39, 0.29) is 12.0 Å². The SMILES string of the molecule is CC(O)C1CCN(Cc2cccc(C(N)=O)c2)C1. The summed E-state index contributed by atoms with van der Waals surface area (Å²) in [5.74, 6) is -0.0237. The van der Waals surface area contributed by atoms with E-state index in [1.807, 2.05) is 25.1 Å². The first-order valence-corrected chi connectivity index (χ1v) is 6.35. The quantitative estimate of drug-likeness (QED) is 0.835. The minimum absolute atomic E-state index is 0.244. The number of hydrogen-bond acceptors (Lipinski definition) is 3. The van der Waals surface area contributed by atoms with Crippen LogP contribution in [0.15, 0.2) is 24.3 Å². The Morgan fingerprint density at radius 3 is 3.00 bits per heavy atom. The van der Waals surface area contributed by atoms with Gasteiger partial charge < -0.3 is 10.8 Å². The van der Waals surface area contributed by atoms with E-state index < -0.39 is 0 Å². The summed E-state index contributed by atoms with van der Waals surface area (Å²) in [5.41, 5.74) is 6.92. The second-order valence-corrected chi connectivity index (χ2v) is 5.09. The summed E-state index contributed by atoms with van der Waals surface area (Å²) in [6, 6.07) is 7.44. The van der Waals surface area contributed by atoms with Crippen LogP contribution >= 0.6 is 0 Å². The van der Waals surface area contributed by atoms with E-state index in [1.165, 1.54) is 0 Å². The van der Waals surface area contributed by atoms with Gasteiger partial charge in [0.2, 0.25) is 5.91 Å². The number of amides is 1. The van der Waals surface area contributed by atoms with Crippen LogP contribution in [0.3, 0.4) is 0 Å². The Morgan fingerprint density at radius 1 is 1.61 bits per heavy atom. The number of aliphatic hydroxyl groups excluding tert-OH is 1. The van der Waals surface area contributed by atoms with E-state index in [2.05, 4.69) is 4.90 Å². The summed E-state index contributed by atoms with van der Waals surface area (Å²) >= 11 is 0. The molecule has 0 aliphatic carbocycles. The molecular weight excluding hydrogens is 228 g/mol. The molecule has 18 heavy (non-hydrogen) atoms. The van der Waals surface area contributed by atoms with Crippen LogP contribution < -0.4 is 5.73 Å². The largest absolute Gasteiger partial charge is 0.393 e. The molecule has 1 aliphatic heterocycles. The lowest BCUT2D eigenvalue weighted by atomic mass is 10.0. The van der Waals surface area contributed by atoms with Gasteiger partial charge in [0.05, 0.1) is 6.10 Å². The summed E-state index contributed by atoms with van der Waals surface area (Å²) in [6.45, 7) is 4.57. The second kappa shape index (κ2) is 5.50. The molecule has 0 bridgehead atoms. The summed E-state index contributed by atoms with van der Waals surface area (Å²) in [6.07, 6.45) is 0.791. The van der Waals surface area contributed by atoms with Gasteiger partial charge in [-0.2, -0.15) is 0 Å². The maximum atomic E-state index is 11.1. The molecule has 0 radical (unpaired) electrons. The molecule has 98 valence electrons. The van der Waals surface area contributed by atoms with Gasteiger partial charge >= 0.3 is 0 Å². The normalized spacial score (nSPS) is 22.0. The topological polar surface area (TPSA) is 66.6 Å². The van der Waals surface area contributed by atoms with Crippen molar-refractivity contribution >= 4 is 5.91 Å². The Kier molecular flexibility index (Phi) is 3.99. The van der Waals surface area contributed by atoms with Crippen molar-refractivity contribution in [3.05, 3.63) is 35.4 Å². The maximum Gasteiger partial charge on any atom is 0.248 e. The van der Waals surface area contributed by atoms with Crippen molar-refractivity contribution in [1.29, 1.82) is 0 Å². The molecule has 2 rings (SSSR count). The molecule has 4 heteroatoms. The van der Waals surface area contributed by atoms with Crippen LogP contribution in [-0.4, -0.2) is 35.1 Å². The number of nitrogens with zero attached hydrogens (tertiary/aromatic N) is 1. The van der Waals surface area contributed by atoms with Gasteiger partial charge in [0, 0.05) is 18.7 Å². The fourth-order valence-corrected chi connectivity index (χ4v) is 2.48. The highest BCUT2D eigenvalue weighted by Gasteiger charge is 2.25. The van der Waals surface area contributed by atoms with E-state index in [9.17, 15) is 9.90 Å². The second-order valence-electron chi connectivity index (χ2n) is 5.09. The highest BCUT2D eigenvalue weighted by atomic mass is 16.3. The summed E-state index contributed by atoms with van der Waals surface area (Å²) < 4.78 is 0. The molecule has 1 aliphatic rings. The number of hydrogen-bond donors (Lipinski definition) is 2. The standard InChI is InChI=1S/C14H20N2O2/c1-10(17)13-5-6-16(9-13)8-11-3-2-4-12(7-11)14(15)18/h2-4,7,10,13,17H,5-6,8-9H2,1H3,(H2,15,18). The van der Waals surface area contributed by atoms with Gasteiger partial charge in [-0.3, -0.25) is 9.69 Å². The molecule has 2 unspecified atom stereocenters. The monoisotopic (exact) mass is 248 g/mol. The Balaban J connectivity index is 1.98. The van der Waals surface area contributed by atoms with Crippen LogP contribution in [0.25, 0.3) is 0 Å². The summed E-state index contributed by atoms with van der Waals surface area (Å²) in [5, 5.41) is 9.57. The minimum Gasteiger partial charge on any atom is -0.393 e. The van der Waals surface area contributed by atoms with E-state index in [1.54, 1.807) is 6.07 Å². The van der Waals surface area contributed by atoms with Crippen molar-refractivity contribution in [2.75, 3.05) is 13.1 Å². The lowest BCUT2D eigenvalue weighted by Crippen LogP contribution is -2.24. The molecule has 3 N–H and O–H groups in total. The lowest BCUT2D eigenvalue weighted by Gasteiger charge is -2.17. The molecule has 1 fully saturated rings. The molecule has 4 nitrogen and oxygen atoms in total. The zero-order valence-corrected chi connectivity index (χ0v) is 10.7. The number of rotatable bonds is 4. The molecule has 2 atom stereocenters. The first-order chi connectivity index (χ1) is 8.56. The Bertz CT molecular complexity index is 432. The predicted octanol–water partition coefficient (Wildman–Crippen LogP) is 0.988. The van der Waals surface area contributed by atoms with Crippen LogP contribution in [0.4, 0.5) is 0 Å².